The Hall–Kier alpha value is -2.32. The van der Waals surface area contributed by atoms with Crippen molar-refractivity contribution in [3.8, 4) is 5.75 Å². The van der Waals surface area contributed by atoms with Crippen LogP contribution < -0.4 is 10.1 Å². The summed E-state index contributed by atoms with van der Waals surface area (Å²) in [5.41, 5.74) is 1.66. The van der Waals surface area contributed by atoms with Gasteiger partial charge < -0.3 is 24.1 Å². The van der Waals surface area contributed by atoms with Crippen LogP contribution in [-0.2, 0) is 4.74 Å². The standard InChI is InChI=1S/C25H30ClN3O3S/c1-18(23-16-19-6-3-4-7-22(19)32-23)29(11-5-10-28-12-14-31-15-13-28)25(33)27-21-9-8-20(26)17-24(21)30-2/h3-4,6-9,16-18H,5,10-15H2,1-2H3,(H,27,33)/t18-/m1/s1. The molecule has 3 aromatic rings. The van der Waals surface area contributed by atoms with Gasteiger partial charge in [-0.05, 0) is 49.8 Å². The molecule has 0 spiro atoms. The van der Waals surface area contributed by atoms with E-state index in [1.165, 1.54) is 0 Å². The van der Waals surface area contributed by atoms with Crippen molar-refractivity contribution < 1.29 is 13.9 Å². The largest absolute Gasteiger partial charge is 0.495 e. The summed E-state index contributed by atoms with van der Waals surface area (Å²) in [6.45, 7) is 7.47. The number of fused-ring (bicyclic) bond motifs is 1. The maximum atomic E-state index is 6.17. The summed E-state index contributed by atoms with van der Waals surface area (Å²) in [7, 11) is 1.62. The van der Waals surface area contributed by atoms with Crippen LogP contribution >= 0.6 is 23.8 Å². The molecule has 0 radical (unpaired) electrons. The Morgan fingerprint density at radius 1 is 1.21 bits per heavy atom. The lowest BCUT2D eigenvalue weighted by molar-refractivity contribution is 0.0365. The Labute approximate surface area is 205 Å². The highest BCUT2D eigenvalue weighted by atomic mass is 35.5. The van der Waals surface area contributed by atoms with E-state index >= 15 is 0 Å². The van der Waals surface area contributed by atoms with Crippen molar-refractivity contribution in [3.05, 3.63) is 59.3 Å². The number of hydrogen-bond donors (Lipinski definition) is 1. The lowest BCUT2D eigenvalue weighted by atomic mass is 10.2. The van der Waals surface area contributed by atoms with Gasteiger partial charge in [0.1, 0.15) is 17.1 Å². The Bertz CT molecular complexity index is 1050. The maximum absolute atomic E-state index is 6.17. The fraction of sp³-hybridized carbons (Fsp3) is 0.400. The summed E-state index contributed by atoms with van der Waals surface area (Å²) in [6.07, 6.45) is 0.976. The first kappa shape index (κ1) is 23.8. The Morgan fingerprint density at radius 2 is 2.00 bits per heavy atom. The van der Waals surface area contributed by atoms with Crippen LogP contribution in [0.4, 0.5) is 5.69 Å². The summed E-state index contributed by atoms with van der Waals surface area (Å²) in [5.74, 6) is 1.53. The molecule has 1 aliphatic rings. The van der Waals surface area contributed by atoms with Gasteiger partial charge >= 0.3 is 0 Å². The average molecular weight is 488 g/mol. The van der Waals surface area contributed by atoms with Crippen LogP contribution in [0, 0.1) is 0 Å². The van der Waals surface area contributed by atoms with Crippen molar-refractivity contribution >= 4 is 45.6 Å². The second-order valence-corrected chi connectivity index (χ2v) is 8.96. The predicted octanol–water partition coefficient (Wildman–Crippen LogP) is 5.58. The first-order valence-corrected chi connectivity index (χ1v) is 12.0. The van der Waals surface area contributed by atoms with Crippen molar-refractivity contribution in [3.63, 3.8) is 0 Å². The van der Waals surface area contributed by atoms with Gasteiger partial charge in [0.25, 0.3) is 0 Å². The van der Waals surface area contributed by atoms with Crippen molar-refractivity contribution in [2.45, 2.75) is 19.4 Å². The van der Waals surface area contributed by atoms with E-state index in [4.69, 9.17) is 37.7 Å². The molecular weight excluding hydrogens is 458 g/mol. The van der Waals surface area contributed by atoms with Gasteiger partial charge in [0.15, 0.2) is 5.11 Å². The van der Waals surface area contributed by atoms with Gasteiger partial charge in [-0.3, -0.25) is 4.90 Å². The lowest BCUT2D eigenvalue weighted by Crippen LogP contribution is -2.41. The van der Waals surface area contributed by atoms with Crippen molar-refractivity contribution in [2.75, 3.05) is 51.8 Å². The minimum Gasteiger partial charge on any atom is -0.495 e. The van der Waals surface area contributed by atoms with E-state index < -0.39 is 0 Å². The number of anilines is 1. The molecule has 1 fully saturated rings. The van der Waals surface area contributed by atoms with Gasteiger partial charge in [-0.25, -0.2) is 0 Å². The fourth-order valence-corrected chi connectivity index (χ4v) is 4.60. The van der Waals surface area contributed by atoms with E-state index in [2.05, 4.69) is 34.2 Å². The van der Waals surface area contributed by atoms with Crippen molar-refractivity contribution in [2.24, 2.45) is 0 Å². The molecule has 2 aromatic carbocycles. The minimum absolute atomic E-state index is 0.0413. The van der Waals surface area contributed by atoms with E-state index in [0.717, 1.165) is 68.2 Å². The molecule has 1 aromatic heterocycles. The monoisotopic (exact) mass is 487 g/mol. The lowest BCUT2D eigenvalue weighted by Gasteiger charge is -2.32. The second-order valence-electron chi connectivity index (χ2n) is 8.14. The zero-order valence-corrected chi connectivity index (χ0v) is 20.6. The number of nitrogens with one attached hydrogen (secondary N) is 1. The van der Waals surface area contributed by atoms with Crippen LogP contribution in [0.1, 0.15) is 25.1 Å². The van der Waals surface area contributed by atoms with E-state index in [1.54, 1.807) is 13.2 Å². The first-order valence-electron chi connectivity index (χ1n) is 11.2. The number of hydrogen-bond acceptors (Lipinski definition) is 5. The predicted molar refractivity (Wildman–Crippen MR) is 137 cm³/mol. The van der Waals surface area contributed by atoms with Gasteiger partial charge in [-0.1, -0.05) is 29.8 Å². The van der Waals surface area contributed by atoms with Gasteiger partial charge in [0.2, 0.25) is 0 Å². The van der Waals surface area contributed by atoms with Crippen LogP contribution in [0.25, 0.3) is 11.0 Å². The molecule has 8 heteroatoms. The molecule has 4 rings (SSSR count). The third kappa shape index (κ3) is 5.98. The summed E-state index contributed by atoms with van der Waals surface area (Å²) in [5, 5.41) is 5.68. The minimum atomic E-state index is -0.0413. The van der Waals surface area contributed by atoms with E-state index in [9.17, 15) is 0 Å². The van der Waals surface area contributed by atoms with Crippen LogP contribution in [0.15, 0.2) is 52.9 Å². The Morgan fingerprint density at radius 3 is 2.76 bits per heavy atom. The van der Waals surface area contributed by atoms with Crippen molar-refractivity contribution in [1.82, 2.24) is 9.80 Å². The topological polar surface area (TPSA) is 50.1 Å². The SMILES string of the molecule is COc1cc(Cl)ccc1NC(=S)N(CCCN1CCOCC1)[C@H](C)c1cc2ccccc2o1. The molecule has 0 amide bonds. The van der Waals surface area contributed by atoms with Gasteiger partial charge in [-0.15, -0.1) is 0 Å². The molecule has 0 aliphatic carbocycles. The maximum Gasteiger partial charge on any atom is 0.174 e. The van der Waals surface area contributed by atoms with Crippen LogP contribution in [0.2, 0.25) is 5.02 Å². The molecular formula is C25H30ClN3O3S. The molecule has 1 aliphatic heterocycles. The molecule has 176 valence electrons. The number of benzene rings is 2. The molecule has 2 heterocycles. The second kappa shape index (κ2) is 11.2. The van der Waals surface area contributed by atoms with Crippen LogP contribution in [-0.4, -0.2) is 61.4 Å². The third-order valence-corrected chi connectivity index (χ3v) is 6.54. The highest BCUT2D eigenvalue weighted by Crippen LogP contribution is 2.31. The number of thiocarbonyl (C=S) groups is 1. The summed E-state index contributed by atoms with van der Waals surface area (Å²) in [6, 6.07) is 15.6. The van der Waals surface area contributed by atoms with E-state index in [0.29, 0.717) is 15.9 Å². The van der Waals surface area contributed by atoms with Gasteiger partial charge in [0.05, 0.1) is 32.1 Å². The molecule has 0 saturated carbocycles. The van der Waals surface area contributed by atoms with Crippen LogP contribution in [0.3, 0.4) is 0 Å². The molecule has 1 N–H and O–H groups in total. The summed E-state index contributed by atoms with van der Waals surface area (Å²) < 4.78 is 17.1. The van der Waals surface area contributed by atoms with Crippen molar-refractivity contribution in [1.29, 1.82) is 0 Å². The highest BCUT2D eigenvalue weighted by Gasteiger charge is 2.23. The molecule has 1 saturated heterocycles. The van der Waals surface area contributed by atoms with Gasteiger partial charge in [-0.2, -0.15) is 0 Å². The quantitative estimate of drug-likeness (QED) is 0.416. The van der Waals surface area contributed by atoms with E-state index in [-0.39, 0.29) is 6.04 Å². The number of furan rings is 1. The number of methoxy groups -OCH3 is 1. The normalized spacial score (nSPS) is 15.4. The first-order chi connectivity index (χ1) is 16.0. The third-order valence-electron chi connectivity index (χ3n) is 5.97. The number of nitrogens with zero attached hydrogens (tertiary/aromatic N) is 2. The number of rotatable bonds is 8. The zero-order chi connectivity index (χ0) is 23.2. The molecule has 33 heavy (non-hydrogen) atoms. The Balaban J connectivity index is 1.52. The number of morpholine rings is 1. The van der Waals surface area contributed by atoms with E-state index in [1.807, 2.05) is 30.3 Å². The zero-order valence-electron chi connectivity index (χ0n) is 19.1. The fourth-order valence-electron chi connectivity index (χ4n) is 4.08. The number of ether oxygens (including phenoxy) is 2. The molecule has 0 bridgehead atoms. The molecule has 0 unspecified atom stereocenters. The molecule has 6 nitrogen and oxygen atoms in total. The number of halogens is 1. The number of para-hydroxylation sites is 1. The Kier molecular flexibility index (Phi) is 8.09. The van der Waals surface area contributed by atoms with Crippen LogP contribution in [0.5, 0.6) is 5.75 Å². The summed E-state index contributed by atoms with van der Waals surface area (Å²) in [4.78, 5) is 4.62. The average Bonchev–Trinajstić information content (AvgIpc) is 3.27. The summed E-state index contributed by atoms with van der Waals surface area (Å²) >= 11 is 12.0. The molecule has 1 atom stereocenters. The smallest absolute Gasteiger partial charge is 0.174 e. The van der Waals surface area contributed by atoms with Gasteiger partial charge in [0, 0.05) is 42.7 Å². The highest BCUT2D eigenvalue weighted by molar-refractivity contribution is 7.80.